The first kappa shape index (κ1) is 22.3. The second kappa shape index (κ2) is 8.55. The second-order valence-corrected chi connectivity index (χ2v) is 11.2. The summed E-state index contributed by atoms with van der Waals surface area (Å²) in [6.07, 6.45) is 6.27. The monoisotopic (exact) mass is 470 g/mol. The van der Waals surface area contributed by atoms with E-state index in [0.717, 1.165) is 4.31 Å². The van der Waals surface area contributed by atoms with Gasteiger partial charge >= 0.3 is 0 Å². The largest absolute Gasteiger partial charge is 0.264 e. The van der Waals surface area contributed by atoms with Gasteiger partial charge < -0.3 is 0 Å². The van der Waals surface area contributed by atoms with Crippen LogP contribution < -0.4 is 4.72 Å². The van der Waals surface area contributed by atoms with E-state index in [0.29, 0.717) is 21.5 Å². The Labute approximate surface area is 187 Å². The molecular weight excluding hydrogens is 448 g/mol. The number of pyridine rings is 2. The van der Waals surface area contributed by atoms with E-state index in [2.05, 4.69) is 14.7 Å². The van der Waals surface area contributed by atoms with Crippen molar-refractivity contribution >= 4 is 41.6 Å². The van der Waals surface area contributed by atoms with Crippen LogP contribution in [0.5, 0.6) is 0 Å². The third-order valence-corrected chi connectivity index (χ3v) is 8.68. The van der Waals surface area contributed by atoms with Crippen LogP contribution in [-0.2, 0) is 20.0 Å². The molecule has 8 nitrogen and oxygen atoms in total. The van der Waals surface area contributed by atoms with Gasteiger partial charge in [-0.15, -0.1) is 0 Å². The van der Waals surface area contributed by atoms with Crippen LogP contribution in [0.25, 0.3) is 21.5 Å². The lowest BCUT2D eigenvalue weighted by atomic mass is 10.2. The molecule has 0 bridgehead atoms. The normalized spacial score (nSPS) is 13.6. The molecule has 10 heteroatoms. The maximum absolute atomic E-state index is 13.2. The molecule has 1 unspecified atom stereocenters. The molecule has 0 aliphatic carbocycles. The fraction of sp³-hybridized carbons (Fsp3) is 0.182. The first-order chi connectivity index (χ1) is 15.2. The highest BCUT2D eigenvalue weighted by molar-refractivity contribution is 7.90. The number of nitrogens with zero attached hydrogens (tertiary/aromatic N) is 3. The molecule has 32 heavy (non-hydrogen) atoms. The molecule has 2 heterocycles. The number of aromatic nitrogens is 2. The van der Waals surface area contributed by atoms with Crippen LogP contribution in [0.15, 0.2) is 83.1 Å². The minimum absolute atomic E-state index is 0.0463. The fourth-order valence-corrected chi connectivity index (χ4v) is 6.60. The number of hydrogen-bond donors (Lipinski definition) is 1. The molecule has 1 N–H and O–H groups in total. The summed E-state index contributed by atoms with van der Waals surface area (Å²) in [6, 6.07) is 12.5. The van der Waals surface area contributed by atoms with Gasteiger partial charge in [0, 0.05) is 66.0 Å². The smallest absolute Gasteiger partial charge is 0.243 e. The Hall–Kier alpha value is -2.92. The molecule has 0 spiro atoms. The maximum Gasteiger partial charge on any atom is 0.243 e. The Kier molecular flexibility index (Phi) is 5.95. The standard InChI is InChI=1S/C22H22N4O4S2/c1-16(25-31(27,28)21-7-3-5-17-13-23-11-9-19(17)21)15-26(2)32(29,30)22-8-4-6-18-14-24-12-10-20(18)22/h3-14,16,25H,15H2,1-2H3. The molecule has 2 aromatic carbocycles. The summed E-state index contributed by atoms with van der Waals surface area (Å²) < 4.78 is 56.2. The number of likely N-dealkylation sites (N-methyl/N-ethyl adjacent to an activating group) is 1. The summed E-state index contributed by atoms with van der Waals surface area (Å²) in [6.45, 7) is 1.58. The molecule has 166 valence electrons. The van der Waals surface area contributed by atoms with Crippen molar-refractivity contribution < 1.29 is 16.8 Å². The molecule has 0 saturated heterocycles. The highest BCUT2D eigenvalue weighted by Gasteiger charge is 2.27. The molecule has 0 aliphatic heterocycles. The highest BCUT2D eigenvalue weighted by Crippen LogP contribution is 2.25. The summed E-state index contributed by atoms with van der Waals surface area (Å²) in [7, 11) is -6.30. The number of nitrogens with one attached hydrogen (secondary N) is 1. The van der Waals surface area contributed by atoms with Gasteiger partial charge in [0.05, 0.1) is 9.79 Å². The lowest BCUT2D eigenvalue weighted by Crippen LogP contribution is -2.42. The van der Waals surface area contributed by atoms with Crippen molar-refractivity contribution in [2.75, 3.05) is 13.6 Å². The van der Waals surface area contributed by atoms with Gasteiger partial charge in [-0.05, 0) is 31.2 Å². The zero-order valence-corrected chi connectivity index (χ0v) is 19.1. The Morgan fingerprint density at radius 3 is 1.97 bits per heavy atom. The van der Waals surface area contributed by atoms with Gasteiger partial charge in [-0.2, -0.15) is 4.31 Å². The number of hydrogen-bond acceptors (Lipinski definition) is 6. The highest BCUT2D eigenvalue weighted by atomic mass is 32.2. The molecule has 0 saturated carbocycles. The quantitative estimate of drug-likeness (QED) is 0.445. The van der Waals surface area contributed by atoms with E-state index >= 15 is 0 Å². The molecule has 4 rings (SSSR count). The average molecular weight is 471 g/mol. The van der Waals surface area contributed by atoms with Gasteiger partial charge in [0.1, 0.15) is 0 Å². The predicted octanol–water partition coefficient (Wildman–Crippen LogP) is 2.77. The van der Waals surface area contributed by atoms with Crippen LogP contribution in [0, 0.1) is 0 Å². The molecule has 4 aromatic rings. The van der Waals surface area contributed by atoms with Crippen molar-refractivity contribution in [2.24, 2.45) is 0 Å². The number of sulfonamides is 2. The lowest BCUT2D eigenvalue weighted by molar-refractivity contribution is 0.430. The van der Waals surface area contributed by atoms with E-state index < -0.39 is 26.1 Å². The Balaban J connectivity index is 1.57. The zero-order valence-electron chi connectivity index (χ0n) is 17.5. The SMILES string of the molecule is CC(CN(C)S(=O)(=O)c1cccc2cnccc12)NS(=O)(=O)c1cccc2cnccc12. The third-order valence-electron chi connectivity index (χ3n) is 5.15. The first-order valence-corrected chi connectivity index (χ1v) is 12.8. The van der Waals surface area contributed by atoms with Crippen molar-refractivity contribution in [3.63, 3.8) is 0 Å². The topological polar surface area (TPSA) is 109 Å². The van der Waals surface area contributed by atoms with Crippen LogP contribution >= 0.6 is 0 Å². The van der Waals surface area contributed by atoms with Crippen molar-refractivity contribution in [3.05, 3.63) is 73.3 Å². The van der Waals surface area contributed by atoms with Crippen molar-refractivity contribution in [3.8, 4) is 0 Å². The summed E-state index contributed by atoms with van der Waals surface area (Å²) >= 11 is 0. The molecule has 0 aliphatic rings. The van der Waals surface area contributed by atoms with Gasteiger partial charge in [-0.1, -0.05) is 24.3 Å². The van der Waals surface area contributed by atoms with Crippen LogP contribution in [0.3, 0.4) is 0 Å². The molecule has 0 amide bonds. The van der Waals surface area contributed by atoms with Crippen molar-refractivity contribution in [2.45, 2.75) is 22.8 Å². The summed E-state index contributed by atoms with van der Waals surface area (Å²) in [5.74, 6) is 0. The molecule has 1 atom stereocenters. The lowest BCUT2D eigenvalue weighted by Gasteiger charge is -2.23. The fourth-order valence-electron chi connectivity index (χ4n) is 3.66. The van der Waals surface area contributed by atoms with Crippen LogP contribution in [-0.4, -0.2) is 50.7 Å². The van der Waals surface area contributed by atoms with Crippen LogP contribution in [0.1, 0.15) is 6.92 Å². The van der Waals surface area contributed by atoms with E-state index in [1.165, 1.54) is 31.6 Å². The van der Waals surface area contributed by atoms with Gasteiger partial charge in [0.15, 0.2) is 0 Å². The van der Waals surface area contributed by atoms with Crippen molar-refractivity contribution in [1.82, 2.24) is 19.0 Å². The van der Waals surface area contributed by atoms with E-state index in [1.807, 2.05) is 0 Å². The predicted molar refractivity (Wildman–Crippen MR) is 123 cm³/mol. The average Bonchev–Trinajstić information content (AvgIpc) is 2.77. The molecular formula is C22H22N4O4S2. The molecule has 0 radical (unpaired) electrons. The van der Waals surface area contributed by atoms with E-state index in [4.69, 9.17) is 0 Å². The van der Waals surface area contributed by atoms with Crippen molar-refractivity contribution in [1.29, 1.82) is 0 Å². The second-order valence-electron chi connectivity index (χ2n) is 7.51. The Morgan fingerprint density at radius 1 is 0.844 bits per heavy atom. The van der Waals surface area contributed by atoms with E-state index in [-0.39, 0.29) is 16.3 Å². The van der Waals surface area contributed by atoms with Gasteiger partial charge in [-0.25, -0.2) is 21.6 Å². The summed E-state index contributed by atoms with van der Waals surface area (Å²) in [5, 5.41) is 2.52. The maximum atomic E-state index is 13.2. The Morgan fingerprint density at radius 2 is 1.38 bits per heavy atom. The first-order valence-electron chi connectivity index (χ1n) is 9.84. The number of fused-ring (bicyclic) bond motifs is 2. The summed E-state index contributed by atoms with van der Waals surface area (Å²) in [4.78, 5) is 8.32. The van der Waals surface area contributed by atoms with E-state index in [9.17, 15) is 16.8 Å². The zero-order chi connectivity index (χ0) is 22.9. The Bertz CT molecular complexity index is 1490. The number of rotatable bonds is 7. The molecule has 2 aromatic heterocycles. The van der Waals surface area contributed by atoms with Crippen LogP contribution in [0.4, 0.5) is 0 Å². The van der Waals surface area contributed by atoms with Crippen LogP contribution in [0.2, 0.25) is 0 Å². The van der Waals surface area contributed by atoms with E-state index in [1.54, 1.807) is 55.7 Å². The third kappa shape index (κ3) is 4.22. The molecule has 0 fully saturated rings. The number of benzene rings is 2. The van der Waals surface area contributed by atoms with Gasteiger partial charge in [0.25, 0.3) is 0 Å². The van der Waals surface area contributed by atoms with Gasteiger partial charge in [0.2, 0.25) is 20.0 Å². The minimum atomic E-state index is -3.88. The summed E-state index contributed by atoms with van der Waals surface area (Å²) in [5.41, 5.74) is 0. The minimum Gasteiger partial charge on any atom is -0.264 e. The van der Waals surface area contributed by atoms with Gasteiger partial charge in [-0.3, -0.25) is 9.97 Å².